The van der Waals surface area contributed by atoms with Crippen LogP contribution >= 0.6 is 0 Å². The van der Waals surface area contributed by atoms with Gasteiger partial charge < -0.3 is 14.4 Å². The van der Waals surface area contributed by atoms with Crippen LogP contribution in [0.2, 0.25) is 0 Å². The van der Waals surface area contributed by atoms with E-state index in [4.69, 9.17) is 9.47 Å². The van der Waals surface area contributed by atoms with Gasteiger partial charge in [0.1, 0.15) is 11.6 Å². The van der Waals surface area contributed by atoms with Crippen molar-refractivity contribution in [2.24, 2.45) is 5.10 Å². The van der Waals surface area contributed by atoms with Gasteiger partial charge in [-0.1, -0.05) is 24.3 Å². The average molecular weight is 431 g/mol. The second kappa shape index (κ2) is 10.5. The average Bonchev–Trinajstić information content (AvgIpc) is 2.86. The van der Waals surface area contributed by atoms with Crippen LogP contribution in [0.5, 0.6) is 5.75 Å². The Balaban J connectivity index is 1.42. The number of rotatable bonds is 7. The third-order valence-corrected chi connectivity index (χ3v) is 5.11. The normalized spacial score (nSPS) is 13.8. The molecule has 1 fully saturated rings. The highest BCUT2D eigenvalue weighted by Gasteiger charge is 2.18. The summed E-state index contributed by atoms with van der Waals surface area (Å²) in [6.07, 6.45) is 3.48. The summed E-state index contributed by atoms with van der Waals surface area (Å²) in [5, 5.41) is 4.27. The molecule has 1 saturated heterocycles. The van der Waals surface area contributed by atoms with Crippen molar-refractivity contribution >= 4 is 17.9 Å². The van der Waals surface area contributed by atoms with Gasteiger partial charge in [0, 0.05) is 36.0 Å². The molecule has 164 valence electrons. The zero-order valence-electron chi connectivity index (χ0n) is 18.0. The van der Waals surface area contributed by atoms with Crippen molar-refractivity contribution in [1.29, 1.82) is 0 Å². The second-order valence-corrected chi connectivity index (χ2v) is 7.26. The van der Waals surface area contributed by atoms with E-state index in [1.807, 2.05) is 72.5 Å². The molecule has 0 spiro atoms. The number of carbonyl (C=O) groups excluding carboxylic acids is 1. The molecule has 0 saturated carbocycles. The van der Waals surface area contributed by atoms with Gasteiger partial charge in [-0.05, 0) is 48.9 Å². The maximum atomic E-state index is 12.8. The summed E-state index contributed by atoms with van der Waals surface area (Å²) in [6, 6.07) is 19.2. The molecule has 7 nitrogen and oxygen atoms in total. The SMILES string of the molecule is CCOc1ccccc1/C=N/Nc1ccc(-c2cccc(C(=O)N3CCOCC3)c2)cn1. The minimum atomic E-state index is 0.0306. The Morgan fingerprint density at radius 2 is 1.97 bits per heavy atom. The summed E-state index contributed by atoms with van der Waals surface area (Å²) in [6.45, 7) is 4.97. The predicted molar refractivity (Wildman–Crippen MR) is 125 cm³/mol. The second-order valence-electron chi connectivity index (χ2n) is 7.26. The molecule has 0 radical (unpaired) electrons. The van der Waals surface area contributed by atoms with Crippen molar-refractivity contribution in [3.8, 4) is 16.9 Å². The van der Waals surface area contributed by atoms with E-state index in [0.29, 0.717) is 44.3 Å². The Labute approximate surface area is 187 Å². The van der Waals surface area contributed by atoms with E-state index in [1.165, 1.54) is 0 Å². The fourth-order valence-corrected chi connectivity index (χ4v) is 3.45. The lowest BCUT2D eigenvalue weighted by Gasteiger charge is -2.27. The number of amides is 1. The number of pyridine rings is 1. The molecule has 2 heterocycles. The highest BCUT2D eigenvalue weighted by atomic mass is 16.5. The standard InChI is InChI=1S/C25H26N4O3/c1-2-32-23-9-4-3-6-22(23)18-27-28-24-11-10-21(17-26-24)19-7-5-8-20(16-19)25(30)29-12-14-31-15-13-29/h3-11,16-18H,2,12-15H2,1H3,(H,26,28)/b27-18+. The van der Waals surface area contributed by atoms with E-state index in [-0.39, 0.29) is 5.91 Å². The molecule has 0 bridgehead atoms. The first-order valence-electron chi connectivity index (χ1n) is 10.7. The molecule has 3 aromatic rings. The first kappa shape index (κ1) is 21.5. The topological polar surface area (TPSA) is 76.0 Å². The smallest absolute Gasteiger partial charge is 0.254 e. The van der Waals surface area contributed by atoms with E-state index in [9.17, 15) is 4.79 Å². The van der Waals surface area contributed by atoms with E-state index in [2.05, 4.69) is 15.5 Å². The summed E-state index contributed by atoms with van der Waals surface area (Å²) >= 11 is 0. The molecule has 0 unspecified atom stereocenters. The van der Waals surface area contributed by atoms with Crippen molar-refractivity contribution < 1.29 is 14.3 Å². The Morgan fingerprint density at radius 1 is 1.12 bits per heavy atom. The molecule has 7 heteroatoms. The zero-order chi connectivity index (χ0) is 22.2. The van der Waals surface area contributed by atoms with Gasteiger partial charge in [0.15, 0.2) is 0 Å². The van der Waals surface area contributed by atoms with Crippen LogP contribution in [0.4, 0.5) is 5.82 Å². The Morgan fingerprint density at radius 3 is 2.75 bits per heavy atom. The molecule has 0 atom stereocenters. The lowest BCUT2D eigenvalue weighted by atomic mass is 10.0. The van der Waals surface area contributed by atoms with Crippen LogP contribution in [-0.4, -0.2) is 54.9 Å². The molecule has 4 rings (SSSR count). The van der Waals surface area contributed by atoms with Gasteiger partial charge in [-0.3, -0.25) is 10.2 Å². The number of aromatic nitrogens is 1. The Kier molecular flexibility index (Phi) is 7.09. The number of ether oxygens (including phenoxy) is 2. The fourth-order valence-electron chi connectivity index (χ4n) is 3.45. The molecule has 1 N–H and O–H groups in total. The van der Waals surface area contributed by atoms with E-state index >= 15 is 0 Å². The molecule has 1 amide bonds. The van der Waals surface area contributed by atoms with E-state index < -0.39 is 0 Å². The minimum Gasteiger partial charge on any atom is -0.493 e. The first-order valence-corrected chi connectivity index (χ1v) is 10.7. The van der Waals surface area contributed by atoms with Gasteiger partial charge in [-0.15, -0.1) is 0 Å². The van der Waals surface area contributed by atoms with Crippen molar-refractivity contribution in [2.45, 2.75) is 6.92 Å². The number of morpholine rings is 1. The number of carbonyl (C=O) groups is 1. The van der Waals surface area contributed by atoms with Crippen molar-refractivity contribution in [3.63, 3.8) is 0 Å². The van der Waals surface area contributed by atoms with Crippen molar-refractivity contribution in [2.75, 3.05) is 38.3 Å². The van der Waals surface area contributed by atoms with Crippen LogP contribution < -0.4 is 10.2 Å². The van der Waals surface area contributed by atoms with Crippen LogP contribution in [-0.2, 0) is 4.74 Å². The maximum Gasteiger partial charge on any atom is 0.254 e. The number of anilines is 1. The monoisotopic (exact) mass is 430 g/mol. The predicted octanol–water partition coefficient (Wildman–Crippen LogP) is 4.07. The zero-order valence-corrected chi connectivity index (χ0v) is 18.0. The summed E-state index contributed by atoms with van der Waals surface area (Å²) in [5.74, 6) is 1.44. The third-order valence-electron chi connectivity index (χ3n) is 5.11. The van der Waals surface area contributed by atoms with E-state index in [1.54, 1.807) is 12.4 Å². The Hall–Kier alpha value is -3.71. The molecule has 1 aliphatic heterocycles. The third kappa shape index (κ3) is 5.31. The lowest BCUT2D eigenvalue weighted by molar-refractivity contribution is 0.0303. The molecule has 0 aliphatic carbocycles. The van der Waals surface area contributed by atoms with Crippen LogP contribution in [0, 0.1) is 0 Å². The number of hydrogen-bond donors (Lipinski definition) is 1. The van der Waals surface area contributed by atoms with Crippen LogP contribution in [0.25, 0.3) is 11.1 Å². The summed E-state index contributed by atoms with van der Waals surface area (Å²) < 4.78 is 10.9. The van der Waals surface area contributed by atoms with Crippen molar-refractivity contribution in [1.82, 2.24) is 9.88 Å². The number of nitrogens with zero attached hydrogens (tertiary/aromatic N) is 3. The number of nitrogens with one attached hydrogen (secondary N) is 1. The van der Waals surface area contributed by atoms with Crippen LogP contribution in [0.1, 0.15) is 22.8 Å². The summed E-state index contributed by atoms with van der Waals surface area (Å²) in [5.41, 5.74) is 6.37. The Bertz CT molecular complexity index is 1080. The molecule has 32 heavy (non-hydrogen) atoms. The molecular formula is C25H26N4O3. The van der Waals surface area contributed by atoms with Crippen LogP contribution in [0.15, 0.2) is 72.0 Å². The van der Waals surface area contributed by atoms with Crippen LogP contribution in [0.3, 0.4) is 0 Å². The van der Waals surface area contributed by atoms with Crippen molar-refractivity contribution in [3.05, 3.63) is 78.0 Å². The van der Waals surface area contributed by atoms with Gasteiger partial charge in [0.2, 0.25) is 0 Å². The fraction of sp³-hybridized carbons (Fsp3) is 0.240. The summed E-state index contributed by atoms with van der Waals surface area (Å²) in [4.78, 5) is 19.0. The number of para-hydroxylation sites is 1. The highest BCUT2D eigenvalue weighted by Crippen LogP contribution is 2.22. The van der Waals surface area contributed by atoms with Gasteiger partial charge in [-0.25, -0.2) is 4.98 Å². The number of benzene rings is 2. The molecule has 1 aromatic heterocycles. The molecular weight excluding hydrogens is 404 g/mol. The highest BCUT2D eigenvalue weighted by molar-refractivity contribution is 5.95. The minimum absolute atomic E-state index is 0.0306. The largest absolute Gasteiger partial charge is 0.493 e. The molecule has 2 aromatic carbocycles. The van der Waals surface area contributed by atoms with Gasteiger partial charge in [-0.2, -0.15) is 5.10 Å². The number of hydrazone groups is 1. The quantitative estimate of drug-likeness (QED) is 0.452. The summed E-state index contributed by atoms with van der Waals surface area (Å²) in [7, 11) is 0. The molecule has 1 aliphatic rings. The van der Waals surface area contributed by atoms with Gasteiger partial charge >= 0.3 is 0 Å². The van der Waals surface area contributed by atoms with Gasteiger partial charge in [0.05, 0.1) is 26.0 Å². The maximum absolute atomic E-state index is 12.8. The first-order chi connectivity index (χ1) is 15.7. The van der Waals surface area contributed by atoms with Gasteiger partial charge in [0.25, 0.3) is 5.91 Å². The number of hydrogen-bond acceptors (Lipinski definition) is 6. The van der Waals surface area contributed by atoms with E-state index in [0.717, 1.165) is 22.4 Å². The lowest BCUT2D eigenvalue weighted by Crippen LogP contribution is -2.40.